The molecule has 2 N–H and O–H groups in total. The van der Waals surface area contributed by atoms with Crippen molar-refractivity contribution in [2.75, 3.05) is 4.72 Å². The first-order valence-corrected chi connectivity index (χ1v) is 7.88. The zero-order valence-electron chi connectivity index (χ0n) is 11.6. The normalized spacial score (nSPS) is 11.3. The largest absolute Gasteiger partial charge is 0.328 e. The first-order valence-electron chi connectivity index (χ1n) is 6.40. The van der Waals surface area contributed by atoms with Crippen molar-refractivity contribution in [3.8, 4) is 0 Å². The predicted molar refractivity (Wildman–Crippen MR) is 76.5 cm³/mol. The topological polar surface area (TPSA) is 118 Å². The number of nitrogens with zero attached hydrogens (tertiary/aromatic N) is 3. The lowest BCUT2D eigenvalue weighted by atomic mass is 10.2. The SMILES string of the molecule is CCc1nnc(NS(=O)(=O)c2ccc(=O)[nH]c2)nc1CC. The van der Waals surface area contributed by atoms with E-state index in [1.165, 1.54) is 6.07 Å². The maximum atomic E-state index is 12.1. The van der Waals surface area contributed by atoms with Crippen molar-refractivity contribution in [1.82, 2.24) is 20.2 Å². The lowest BCUT2D eigenvalue weighted by Crippen LogP contribution is -2.18. The van der Waals surface area contributed by atoms with Crippen LogP contribution in [0.5, 0.6) is 0 Å². The molecule has 112 valence electrons. The minimum Gasteiger partial charge on any atom is -0.328 e. The molecule has 2 aromatic rings. The molecule has 0 atom stereocenters. The Morgan fingerprint density at radius 2 is 1.86 bits per heavy atom. The van der Waals surface area contributed by atoms with Gasteiger partial charge in [-0.2, -0.15) is 0 Å². The Morgan fingerprint density at radius 1 is 1.14 bits per heavy atom. The third-order valence-corrected chi connectivity index (χ3v) is 4.13. The monoisotopic (exact) mass is 309 g/mol. The quantitative estimate of drug-likeness (QED) is 0.829. The van der Waals surface area contributed by atoms with Gasteiger partial charge in [0.05, 0.1) is 11.4 Å². The molecule has 2 heterocycles. The molecule has 0 aliphatic carbocycles. The van der Waals surface area contributed by atoms with Crippen LogP contribution in [0.25, 0.3) is 0 Å². The summed E-state index contributed by atoms with van der Waals surface area (Å²) in [4.78, 5) is 17.3. The summed E-state index contributed by atoms with van der Waals surface area (Å²) in [6, 6.07) is 2.33. The Kier molecular flexibility index (Phi) is 4.32. The van der Waals surface area contributed by atoms with Crippen molar-refractivity contribution in [3.05, 3.63) is 40.1 Å². The molecule has 0 aliphatic rings. The summed E-state index contributed by atoms with van der Waals surface area (Å²) in [5.74, 6) is -0.0877. The number of rotatable bonds is 5. The molecule has 21 heavy (non-hydrogen) atoms. The van der Waals surface area contributed by atoms with Crippen LogP contribution in [0.3, 0.4) is 0 Å². The second-order valence-corrected chi connectivity index (χ2v) is 5.91. The van der Waals surface area contributed by atoms with Gasteiger partial charge in [0.15, 0.2) is 0 Å². The fourth-order valence-electron chi connectivity index (χ4n) is 1.72. The van der Waals surface area contributed by atoms with E-state index in [1.807, 2.05) is 13.8 Å². The van der Waals surface area contributed by atoms with E-state index in [2.05, 4.69) is 24.9 Å². The minimum atomic E-state index is -3.86. The van der Waals surface area contributed by atoms with Gasteiger partial charge in [0.1, 0.15) is 4.90 Å². The van der Waals surface area contributed by atoms with Gasteiger partial charge >= 0.3 is 0 Å². The highest BCUT2D eigenvalue weighted by Gasteiger charge is 2.17. The van der Waals surface area contributed by atoms with Crippen molar-refractivity contribution in [2.24, 2.45) is 0 Å². The van der Waals surface area contributed by atoms with Gasteiger partial charge < -0.3 is 4.98 Å². The van der Waals surface area contributed by atoms with Crippen LogP contribution >= 0.6 is 0 Å². The molecule has 0 saturated carbocycles. The van der Waals surface area contributed by atoms with E-state index in [9.17, 15) is 13.2 Å². The smallest absolute Gasteiger partial charge is 0.265 e. The van der Waals surface area contributed by atoms with E-state index < -0.39 is 10.0 Å². The zero-order chi connectivity index (χ0) is 15.5. The van der Waals surface area contributed by atoms with Crippen molar-refractivity contribution >= 4 is 16.0 Å². The van der Waals surface area contributed by atoms with Gasteiger partial charge in [-0.05, 0) is 18.9 Å². The second-order valence-electron chi connectivity index (χ2n) is 4.23. The third kappa shape index (κ3) is 3.43. The number of aromatic amines is 1. The van der Waals surface area contributed by atoms with Gasteiger partial charge in [-0.1, -0.05) is 13.8 Å². The van der Waals surface area contributed by atoms with Crippen molar-refractivity contribution in [1.29, 1.82) is 0 Å². The number of H-pyrrole nitrogens is 1. The van der Waals surface area contributed by atoms with Crippen molar-refractivity contribution in [2.45, 2.75) is 31.6 Å². The first-order chi connectivity index (χ1) is 9.96. The fourth-order valence-corrected chi connectivity index (χ4v) is 2.63. The molecule has 0 fully saturated rings. The number of aromatic nitrogens is 4. The molecule has 0 radical (unpaired) electrons. The van der Waals surface area contributed by atoms with Crippen LogP contribution in [-0.4, -0.2) is 28.6 Å². The molecular weight excluding hydrogens is 294 g/mol. The van der Waals surface area contributed by atoms with Gasteiger partial charge in [0, 0.05) is 12.3 Å². The highest BCUT2D eigenvalue weighted by molar-refractivity contribution is 7.92. The fraction of sp³-hybridized carbons (Fsp3) is 0.333. The molecule has 0 aliphatic heterocycles. The van der Waals surface area contributed by atoms with E-state index in [0.29, 0.717) is 18.5 Å². The summed E-state index contributed by atoms with van der Waals surface area (Å²) in [7, 11) is -3.86. The van der Waals surface area contributed by atoms with E-state index in [-0.39, 0.29) is 16.4 Å². The Morgan fingerprint density at radius 3 is 2.43 bits per heavy atom. The lowest BCUT2D eigenvalue weighted by Gasteiger charge is -2.08. The summed E-state index contributed by atoms with van der Waals surface area (Å²) in [6.45, 7) is 3.83. The Hall–Kier alpha value is -2.29. The molecular formula is C12H15N5O3S. The van der Waals surface area contributed by atoms with Crippen LogP contribution in [0.2, 0.25) is 0 Å². The Labute approximate surface area is 121 Å². The molecule has 0 amide bonds. The van der Waals surface area contributed by atoms with E-state index >= 15 is 0 Å². The van der Waals surface area contributed by atoms with Crippen LogP contribution in [0.4, 0.5) is 5.95 Å². The maximum absolute atomic E-state index is 12.1. The average molecular weight is 309 g/mol. The van der Waals surface area contributed by atoms with Crippen LogP contribution in [-0.2, 0) is 22.9 Å². The van der Waals surface area contributed by atoms with Gasteiger partial charge in [0.2, 0.25) is 5.56 Å². The zero-order valence-corrected chi connectivity index (χ0v) is 12.4. The number of anilines is 1. The predicted octanol–water partition coefficient (Wildman–Crippen LogP) is 0.485. The highest BCUT2D eigenvalue weighted by Crippen LogP contribution is 2.12. The van der Waals surface area contributed by atoms with Crippen LogP contribution in [0.1, 0.15) is 25.2 Å². The van der Waals surface area contributed by atoms with E-state index in [0.717, 1.165) is 18.0 Å². The first kappa shape index (κ1) is 15.1. The molecule has 0 saturated heterocycles. The summed E-state index contributed by atoms with van der Waals surface area (Å²) in [5, 5.41) is 7.73. The summed E-state index contributed by atoms with van der Waals surface area (Å²) >= 11 is 0. The van der Waals surface area contributed by atoms with Gasteiger partial charge in [-0.3, -0.25) is 4.79 Å². The molecule has 0 spiro atoms. The molecule has 0 unspecified atom stereocenters. The van der Waals surface area contributed by atoms with Gasteiger partial charge in [-0.25, -0.2) is 18.1 Å². The summed E-state index contributed by atoms with van der Waals surface area (Å²) < 4.78 is 26.5. The second kappa shape index (κ2) is 6.00. The lowest BCUT2D eigenvalue weighted by molar-refractivity contribution is 0.600. The van der Waals surface area contributed by atoms with Gasteiger partial charge in [-0.15, -0.1) is 10.2 Å². The molecule has 8 nitrogen and oxygen atoms in total. The number of hydrogen-bond acceptors (Lipinski definition) is 6. The number of nitrogens with one attached hydrogen (secondary N) is 2. The number of pyridine rings is 1. The molecule has 2 aromatic heterocycles. The van der Waals surface area contributed by atoms with E-state index in [1.54, 1.807) is 0 Å². The summed E-state index contributed by atoms with van der Waals surface area (Å²) in [6.07, 6.45) is 2.42. The average Bonchev–Trinajstić information content (AvgIpc) is 2.47. The molecule has 0 aromatic carbocycles. The van der Waals surface area contributed by atoms with Gasteiger partial charge in [0.25, 0.3) is 16.0 Å². The van der Waals surface area contributed by atoms with Crippen molar-refractivity contribution < 1.29 is 8.42 Å². The maximum Gasteiger partial charge on any atom is 0.265 e. The molecule has 0 bridgehead atoms. The number of aryl methyl sites for hydroxylation is 2. The minimum absolute atomic E-state index is 0.0803. The molecule has 2 rings (SSSR count). The highest BCUT2D eigenvalue weighted by atomic mass is 32.2. The Balaban J connectivity index is 2.32. The number of hydrogen-bond donors (Lipinski definition) is 2. The molecule has 9 heteroatoms. The standard InChI is InChI=1S/C12H15N5O3S/c1-3-9-10(4-2)15-16-12(14-9)17-21(19,20)8-5-6-11(18)13-7-8/h5-7H,3-4H2,1-2H3,(H,13,18)(H,14,16,17). The van der Waals surface area contributed by atoms with Crippen LogP contribution in [0.15, 0.2) is 28.0 Å². The van der Waals surface area contributed by atoms with E-state index in [4.69, 9.17) is 0 Å². The van der Waals surface area contributed by atoms with Crippen LogP contribution in [0, 0.1) is 0 Å². The summed E-state index contributed by atoms with van der Waals surface area (Å²) in [5.41, 5.74) is 1.06. The number of sulfonamides is 1. The third-order valence-electron chi connectivity index (χ3n) is 2.80. The van der Waals surface area contributed by atoms with Crippen molar-refractivity contribution in [3.63, 3.8) is 0 Å². The Bertz CT molecular complexity index is 780. The van der Waals surface area contributed by atoms with Crippen LogP contribution < -0.4 is 10.3 Å².